The monoisotopic (exact) mass is 526 g/mol. The Morgan fingerprint density at radius 1 is 1.08 bits per heavy atom. The summed E-state index contributed by atoms with van der Waals surface area (Å²) in [6, 6.07) is 15.1. The van der Waals surface area contributed by atoms with Gasteiger partial charge in [0.1, 0.15) is 5.75 Å². The zero-order valence-corrected chi connectivity index (χ0v) is 21.8. The van der Waals surface area contributed by atoms with Gasteiger partial charge in [0.25, 0.3) is 0 Å². The highest BCUT2D eigenvalue weighted by Crippen LogP contribution is 2.38. The summed E-state index contributed by atoms with van der Waals surface area (Å²) in [5.74, 6) is 1.38. The molecule has 3 heterocycles. The third kappa shape index (κ3) is 5.74. The number of aryl methyl sites for hydroxylation is 1. The number of likely N-dealkylation sites (tertiary alicyclic amines) is 1. The molecule has 0 saturated carbocycles. The molecule has 3 N–H and O–H groups in total. The van der Waals surface area contributed by atoms with Crippen LogP contribution in [-0.2, 0) is 4.79 Å². The molecule has 1 fully saturated rings. The number of anilines is 2. The molecule has 0 spiro atoms. The fourth-order valence-corrected chi connectivity index (χ4v) is 4.72. The van der Waals surface area contributed by atoms with Gasteiger partial charge in [-0.2, -0.15) is 0 Å². The van der Waals surface area contributed by atoms with Gasteiger partial charge < -0.3 is 25.4 Å². The van der Waals surface area contributed by atoms with E-state index in [2.05, 4.69) is 20.6 Å². The highest BCUT2D eigenvalue weighted by atomic mass is 16.5. The van der Waals surface area contributed by atoms with Crippen LogP contribution in [0.1, 0.15) is 31.7 Å². The van der Waals surface area contributed by atoms with Gasteiger partial charge in [-0.15, -0.1) is 0 Å². The average molecular weight is 527 g/mol. The van der Waals surface area contributed by atoms with Crippen LogP contribution in [0.2, 0.25) is 0 Å². The Hall–Kier alpha value is -4.73. The minimum atomic E-state index is -0.920. The second-order valence-electron chi connectivity index (χ2n) is 9.45. The predicted octanol–water partition coefficient (Wildman–Crippen LogP) is 5.70. The first kappa shape index (κ1) is 25.9. The fraction of sp³-hybridized carbons (Fsp3) is 0.276. The molecule has 2 aromatic carbocycles. The summed E-state index contributed by atoms with van der Waals surface area (Å²) in [7, 11) is 0. The Kier molecular flexibility index (Phi) is 7.53. The van der Waals surface area contributed by atoms with E-state index in [0.29, 0.717) is 48.3 Å². The number of benzene rings is 2. The molecule has 0 unspecified atom stereocenters. The molecule has 5 rings (SSSR count). The number of carbonyl (C=O) groups excluding carboxylic acids is 1. The van der Waals surface area contributed by atoms with E-state index < -0.39 is 6.09 Å². The third-order valence-corrected chi connectivity index (χ3v) is 6.73. The van der Waals surface area contributed by atoms with Crippen LogP contribution in [0, 0.1) is 6.92 Å². The Balaban J connectivity index is 1.45. The highest BCUT2D eigenvalue weighted by molar-refractivity contribution is 6.04. The van der Waals surface area contributed by atoms with E-state index in [1.54, 1.807) is 18.5 Å². The Morgan fingerprint density at radius 2 is 1.95 bits per heavy atom. The van der Waals surface area contributed by atoms with Gasteiger partial charge in [-0.25, -0.2) is 19.7 Å². The summed E-state index contributed by atoms with van der Waals surface area (Å²) in [6.07, 6.45) is 4.40. The van der Waals surface area contributed by atoms with Gasteiger partial charge >= 0.3 is 6.09 Å². The number of piperidine rings is 1. The quantitative estimate of drug-likeness (QED) is 0.280. The number of carbonyl (C=O) groups is 2. The Bertz CT molecular complexity index is 1530. The number of fused-ring (bicyclic) bond motifs is 1. The second-order valence-corrected chi connectivity index (χ2v) is 9.45. The van der Waals surface area contributed by atoms with Gasteiger partial charge in [0, 0.05) is 54.4 Å². The maximum Gasteiger partial charge on any atom is 0.407 e. The minimum Gasteiger partial charge on any atom is -0.465 e. The molecule has 1 aliphatic rings. The lowest BCUT2D eigenvalue weighted by Crippen LogP contribution is -2.44. The molecule has 2 amide bonds. The normalized spacial score (nSPS) is 15.1. The van der Waals surface area contributed by atoms with Crippen LogP contribution in [0.5, 0.6) is 11.6 Å². The molecule has 10 heteroatoms. The SMILES string of the molecule is CCC(=O)Nc1cccc2c(Oc3ncccc3-c3ccnc(N[C@H]4CCCN(C(=O)O)C4)n3)c(C)ccc12. The first-order valence-corrected chi connectivity index (χ1v) is 13.0. The van der Waals surface area contributed by atoms with Gasteiger partial charge in [-0.3, -0.25) is 4.79 Å². The number of rotatable bonds is 7. The summed E-state index contributed by atoms with van der Waals surface area (Å²) in [6.45, 7) is 4.69. The van der Waals surface area contributed by atoms with Crippen LogP contribution in [0.15, 0.2) is 60.9 Å². The van der Waals surface area contributed by atoms with Gasteiger partial charge in [0.05, 0.1) is 11.3 Å². The number of amides is 2. The summed E-state index contributed by atoms with van der Waals surface area (Å²) in [5, 5.41) is 17.3. The number of carboxylic acid groups (broad SMARTS) is 1. The second kappa shape index (κ2) is 11.3. The lowest BCUT2D eigenvalue weighted by molar-refractivity contribution is -0.115. The van der Waals surface area contributed by atoms with Crippen molar-refractivity contribution in [2.24, 2.45) is 0 Å². The van der Waals surface area contributed by atoms with Crippen molar-refractivity contribution >= 4 is 34.4 Å². The molecule has 200 valence electrons. The molecule has 0 bridgehead atoms. The van der Waals surface area contributed by atoms with E-state index >= 15 is 0 Å². The highest BCUT2D eigenvalue weighted by Gasteiger charge is 2.24. The number of hydrogen-bond acceptors (Lipinski definition) is 7. The summed E-state index contributed by atoms with van der Waals surface area (Å²) < 4.78 is 6.45. The van der Waals surface area contributed by atoms with Crippen molar-refractivity contribution in [3.8, 4) is 22.9 Å². The van der Waals surface area contributed by atoms with Gasteiger partial charge in [0.15, 0.2) is 0 Å². The van der Waals surface area contributed by atoms with Crippen molar-refractivity contribution in [3.63, 3.8) is 0 Å². The number of nitrogens with zero attached hydrogens (tertiary/aromatic N) is 4. The molecule has 0 radical (unpaired) electrons. The summed E-state index contributed by atoms with van der Waals surface area (Å²) in [5.41, 5.74) is 2.95. The van der Waals surface area contributed by atoms with Crippen molar-refractivity contribution in [1.82, 2.24) is 19.9 Å². The fourth-order valence-electron chi connectivity index (χ4n) is 4.72. The van der Waals surface area contributed by atoms with Crippen molar-refractivity contribution in [3.05, 3.63) is 66.5 Å². The minimum absolute atomic E-state index is 0.0605. The predicted molar refractivity (Wildman–Crippen MR) is 149 cm³/mol. The Labute approximate surface area is 226 Å². The maximum absolute atomic E-state index is 12.1. The number of pyridine rings is 1. The zero-order chi connectivity index (χ0) is 27.4. The van der Waals surface area contributed by atoms with Crippen LogP contribution < -0.4 is 15.4 Å². The molecule has 1 aliphatic heterocycles. The van der Waals surface area contributed by atoms with Crippen molar-refractivity contribution in [2.45, 2.75) is 39.2 Å². The molecule has 0 aliphatic carbocycles. The van der Waals surface area contributed by atoms with E-state index in [1.807, 2.05) is 56.3 Å². The number of nitrogens with one attached hydrogen (secondary N) is 2. The standard InChI is InChI=1S/C29H30N6O4/c1-3-25(36)33-23-10-4-8-21-20(23)12-11-18(2)26(21)39-27-22(9-5-14-30-27)24-13-15-31-28(34-24)32-19-7-6-16-35(17-19)29(37)38/h4-5,8-15,19H,3,6-7,16-17H2,1-2H3,(H,33,36)(H,37,38)(H,31,32,34)/t19-/m0/s1. The molecular weight excluding hydrogens is 496 g/mol. The van der Waals surface area contributed by atoms with Gasteiger partial charge in [0.2, 0.25) is 17.7 Å². The topological polar surface area (TPSA) is 130 Å². The zero-order valence-electron chi connectivity index (χ0n) is 21.8. The van der Waals surface area contributed by atoms with E-state index in [9.17, 15) is 14.7 Å². The number of ether oxygens (including phenoxy) is 1. The van der Waals surface area contributed by atoms with Crippen LogP contribution >= 0.6 is 0 Å². The first-order valence-electron chi connectivity index (χ1n) is 13.0. The largest absolute Gasteiger partial charge is 0.465 e. The van der Waals surface area contributed by atoms with Crippen molar-refractivity contribution < 1.29 is 19.4 Å². The smallest absolute Gasteiger partial charge is 0.407 e. The molecule has 1 atom stereocenters. The molecular formula is C29H30N6O4. The Morgan fingerprint density at radius 3 is 2.77 bits per heavy atom. The van der Waals surface area contributed by atoms with Crippen LogP contribution in [-0.4, -0.2) is 56.1 Å². The summed E-state index contributed by atoms with van der Waals surface area (Å²) >= 11 is 0. The molecule has 2 aromatic heterocycles. The molecule has 1 saturated heterocycles. The molecule has 10 nitrogen and oxygen atoms in total. The van der Waals surface area contributed by atoms with Crippen LogP contribution in [0.25, 0.3) is 22.0 Å². The lowest BCUT2D eigenvalue weighted by Gasteiger charge is -2.31. The van der Waals surface area contributed by atoms with Crippen LogP contribution in [0.4, 0.5) is 16.4 Å². The van der Waals surface area contributed by atoms with E-state index in [0.717, 1.165) is 34.9 Å². The van der Waals surface area contributed by atoms with Crippen molar-refractivity contribution in [1.29, 1.82) is 0 Å². The maximum atomic E-state index is 12.1. The number of hydrogen-bond donors (Lipinski definition) is 3. The van der Waals surface area contributed by atoms with E-state index in [4.69, 9.17) is 9.72 Å². The molecule has 39 heavy (non-hydrogen) atoms. The molecule has 4 aromatic rings. The summed E-state index contributed by atoms with van der Waals surface area (Å²) in [4.78, 5) is 38.4. The van der Waals surface area contributed by atoms with Gasteiger partial charge in [-0.05, 0) is 49.6 Å². The van der Waals surface area contributed by atoms with E-state index in [-0.39, 0.29) is 11.9 Å². The van der Waals surface area contributed by atoms with Gasteiger partial charge in [-0.1, -0.05) is 31.2 Å². The number of aromatic nitrogens is 3. The van der Waals surface area contributed by atoms with E-state index in [1.165, 1.54) is 4.90 Å². The van der Waals surface area contributed by atoms with Crippen LogP contribution in [0.3, 0.4) is 0 Å². The van der Waals surface area contributed by atoms with Crippen molar-refractivity contribution in [2.75, 3.05) is 23.7 Å². The lowest BCUT2D eigenvalue weighted by atomic mass is 10.0. The first-order chi connectivity index (χ1) is 18.9. The average Bonchev–Trinajstić information content (AvgIpc) is 2.95. The third-order valence-electron chi connectivity index (χ3n) is 6.73.